The third-order valence-corrected chi connectivity index (χ3v) is 3.24. The van der Waals surface area contributed by atoms with Crippen LogP contribution in [0.3, 0.4) is 0 Å². The molecule has 1 aromatic carbocycles. The Hall–Kier alpha value is -1.39. The Morgan fingerprint density at radius 3 is 2.78 bits per heavy atom. The van der Waals surface area contributed by atoms with Crippen LogP contribution in [0, 0.1) is 0 Å². The zero-order valence-electron chi connectivity index (χ0n) is 11.2. The van der Waals surface area contributed by atoms with Crippen molar-refractivity contribution in [2.75, 3.05) is 19.0 Å². The Kier molecular flexibility index (Phi) is 3.99. The van der Waals surface area contributed by atoms with E-state index < -0.39 is 0 Å². The number of carbonyl (C=O) groups excluding carboxylic acids is 1. The van der Waals surface area contributed by atoms with Gasteiger partial charge in [0.25, 0.3) is 0 Å². The molecule has 18 heavy (non-hydrogen) atoms. The highest BCUT2D eigenvalue weighted by Gasteiger charge is 2.21. The fourth-order valence-corrected chi connectivity index (χ4v) is 2.19. The molecular formula is C14H20N2O2. The van der Waals surface area contributed by atoms with Gasteiger partial charge in [-0.3, -0.25) is 9.69 Å². The first kappa shape index (κ1) is 13.1. The van der Waals surface area contributed by atoms with Crippen molar-refractivity contribution in [3.8, 4) is 0 Å². The molecule has 0 atom stereocenters. The molecule has 0 bridgehead atoms. The number of hydrogen-bond donors (Lipinski definition) is 1. The van der Waals surface area contributed by atoms with Crippen LogP contribution in [0.1, 0.15) is 25.0 Å². The van der Waals surface area contributed by atoms with Gasteiger partial charge in [-0.1, -0.05) is 6.07 Å². The van der Waals surface area contributed by atoms with E-state index in [1.165, 1.54) is 18.2 Å². The number of methoxy groups -OCH3 is 1. The number of fused-ring (bicyclic) bond motifs is 1. The first-order valence-electron chi connectivity index (χ1n) is 6.25. The van der Waals surface area contributed by atoms with E-state index in [0.717, 1.165) is 18.8 Å². The van der Waals surface area contributed by atoms with E-state index in [0.29, 0.717) is 6.04 Å². The summed E-state index contributed by atoms with van der Waals surface area (Å²) in [7, 11) is 1.52. The lowest BCUT2D eigenvalue weighted by Gasteiger charge is -2.18. The molecule has 1 N–H and O–H groups in total. The molecule has 1 aliphatic heterocycles. The molecule has 0 unspecified atom stereocenters. The van der Waals surface area contributed by atoms with Crippen LogP contribution in [-0.2, 0) is 22.6 Å². The number of hydrogen-bond acceptors (Lipinski definition) is 3. The van der Waals surface area contributed by atoms with E-state index in [1.54, 1.807) is 0 Å². The molecule has 0 saturated heterocycles. The monoisotopic (exact) mass is 248 g/mol. The second kappa shape index (κ2) is 5.50. The van der Waals surface area contributed by atoms with Gasteiger partial charge in [0.05, 0.1) is 0 Å². The van der Waals surface area contributed by atoms with Crippen LogP contribution in [0.25, 0.3) is 0 Å². The molecule has 0 fully saturated rings. The molecule has 4 heteroatoms. The third-order valence-electron chi connectivity index (χ3n) is 3.24. The van der Waals surface area contributed by atoms with Gasteiger partial charge in [-0.25, -0.2) is 0 Å². The third kappa shape index (κ3) is 2.89. The zero-order chi connectivity index (χ0) is 13.1. The summed E-state index contributed by atoms with van der Waals surface area (Å²) in [5.74, 6) is -0.115. The number of amides is 1. The van der Waals surface area contributed by atoms with Gasteiger partial charge in [0.2, 0.25) is 5.91 Å². The second-order valence-corrected chi connectivity index (χ2v) is 4.96. The molecule has 1 heterocycles. The van der Waals surface area contributed by atoms with Crippen molar-refractivity contribution in [1.29, 1.82) is 0 Å². The molecule has 0 saturated carbocycles. The Labute approximate surface area is 108 Å². The number of carbonyl (C=O) groups is 1. The molecule has 2 rings (SSSR count). The summed E-state index contributed by atoms with van der Waals surface area (Å²) in [6.45, 7) is 6.45. The summed E-state index contributed by atoms with van der Waals surface area (Å²) in [5.41, 5.74) is 3.51. The quantitative estimate of drug-likeness (QED) is 0.886. The van der Waals surface area contributed by atoms with E-state index in [1.807, 2.05) is 6.07 Å². The van der Waals surface area contributed by atoms with Crippen LogP contribution in [0.2, 0.25) is 0 Å². The summed E-state index contributed by atoms with van der Waals surface area (Å²) in [5, 5.41) is 2.83. The minimum atomic E-state index is -0.115. The molecule has 1 aromatic rings. The summed E-state index contributed by atoms with van der Waals surface area (Å²) >= 11 is 0. The van der Waals surface area contributed by atoms with Gasteiger partial charge in [-0.05, 0) is 37.1 Å². The fraction of sp³-hybridized carbons (Fsp3) is 0.500. The van der Waals surface area contributed by atoms with Crippen LogP contribution in [0.5, 0.6) is 0 Å². The fourth-order valence-electron chi connectivity index (χ4n) is 2.19. The first-order valence-corrected chi connectivity index (χ1v) is 6.25. The van der Waals surface area contributed by atoms with Gasteiger partial charge in [0, 0.05) is 31.9 Å². The van der Waals surface area contributed by atoms with E-state index in [4.69, 9.17) is 4.74 Å². The Morgan fingerprint density at radius 2 is 2.11 bits per heavy atom. The topological polar surface area (TPSA) is 41.6 Å². The largest absolute Gasteiger partial charge is 0.375 e. The van der Waals surface area contributed by atoms with Crippen molar-refractivity contribution in [1.82, 2.24) is 4.90 Å². The van der Waals surface area contributed by atoms with Crippen LogP contribution in [-0.4, -0.2) is 30.6 Å². The van der Waals surface area contributed by atoms with Crippen molar-refractivity contribution in [3.05, 3.63) is 29.3 Å². The van der Waals surface area contributed by atoms with Crippen molar-refractivity contribution in [2.24, 2.45) is 0 Å². The SMILES string of the molecule is COCC(=O)Nc1ccc2c(c1)CN(C(C)C)C2. The molecular weight excluding hydrogens is 228 g/mol. The highest BCUT2D eigenvalue weighted by atomic mass is 16.5. The molecule has 0 spiro atoms. The van der Waals surface area contributed by atoms with Crippen LogP contribution in [0.15, 0.2) is 18.2 Å². The molecule has 98 valence electrons. The molecule has 1 amide bonds. The van der Waals surface area contributed by atoms with E-state index in [9.17, 15) is 4.79 Å². The number of anilines is 1. The zero-order valence-corrected chi connectivity index (χ0v) is 11.2. The van der Waals surface area contributed by atoms with Gasteiger partial charge in [0.1, 0.15) is 6.61 Å². The van der Waals surface area contributed by atoms with Crippen LogP contribution < -0.4 is 5.32 Å². The lowest BCUT2D eigenvalue weighted by atomic mass is 10.1. The first-order chi connectivity index (χ1) is 8.60. The van der Waals surface area contributed by atoms with E-state index in [2.05, 4.69) is 36.2 Å². The maximum atomic E-state index is 11.4. The summed E-state index contributed by atoms with van der Waals surface area (Å²) in [4.78, 5) is 13.8. The molecule has 0 aromatic heterocycles. The number of nitrogens with one attached hydrogen (secondary N) is 1. The van der Waals surface area contributed by atoms with Gasteiger partial charge in [-0.2, -0.15) is 0 Å². The molecule has 1 aliphatic rings. The van der Waals surface area contributed by atoms with Gasteiger partial charge >= 0.3 is 0 Å². The number of nitrogens with zero attached hydrogens (tertiary/aromatic N) is 1. The van der Waals surface area contributed by atoms with Crippen LogP contribution in [0.4, 0.5) is 5.69 Å². The van der Waals surface area contributed by atoms with Crippen LogP contribution >= 0.6 is 0 Å². The smallest absolute Gasteiger partial charge is 0.250 e. The van der Waals surface area contributed by atoms with Crippen molar-refractivity contribution in [3.63, 3.8) is 0 Å². The second-order valence-electron chi connectivity index (χ2n) is 4.96. The van der Waals surface area contributed by atoms with Crippen molar-refractivity contribution < 1.29 is 9.53 Å². The Balaban J connectivity index is 2.06. The van der Waals surface area contributed by atoms with E-state index >= 15 is 0 Å². The van der Waals surface area contributed by atoms with Gasteiger partial charge in [-0.15, -0.1) is 0 Å². The average molecular weight is 248 g/mol. The lowest BCUT2D eigenvalue weighted by Crippen LogP contribution is -2.24. The number of ether oxygens (including phenoxy) is 1. The molecule has 0 aliphatic carbocycles. The predicted octanol–water partition coefficient (Wildman–Crippen LogP) is 2.00. The standard InChI is InChI=1S/C14H20N2O2/c1-10(2)16-7-11-4-5-13(6-12(11)8-16)15-14(17)9-18-3/h4-6,10H,7-9H2,1-3H3,(H,15,17). The highest BCUT2D eigenvalue weighted by molar-refractivity contribution is 5.91. The van der Waals surface area contributed by atoms with E-state index in [-0.39, 0.29) is 12.5 Å². The maximum absolute atomic E-state index is 11.4. The predicted molar refractivity (Wildman–Crippen MR) is 71.3 cm³/mol. The van der Waals surface area contributed by atoms with Crippen molar-refractivity contribution in [2.45, 2.75) is 33.0 Å². The van der Waals surface area contributed by atoms with Gasteiger partial charge in [0.15, 0.2) is 0 Å². The normalized spacial score (nSPS) is 14.9. The average Bonchev–Trinajstić information content (AvgIpc) is 2.72. The Morgan fingerprint density at radius 1 is 1.39 bits per heavy atom. The molecule has 4 nitrogen and oxygen atoms in total. The minimum absolute atomic E-state index is 0.0925. The summed E-state index contributed by atoms with van der Waals surface area (Å²) in [6.07, 6.45) is 0. The maximum Gasteiger partial charge on any atom is 0.250 e. The number of benzene rings is 1. The highest BCUT2D eigenvalue weighted by Crippen LogP contribution is 2.26. The summed E-state index contributed by atoms with van der Waals surface area (Å²) < 4.78 is 4.80. The lowest BCUT2D eigenvalue weighted by molar-refractivity contribution is -0.119. The minimum Gasteiger partial charge on any atom is -0.375 e. The van der Waals surface area contributed by atoms with Gasteiger partial charge < -0.3 is 10.1 Å². The molecule has 0 radical (unpaired) electrons. The summed E-state index contributed by atoms with van der Waals surface area (Å²) in [6, 6.07) is 6.66. The Bertz CT molecular complexity index is 443. The van der Waals surface area contributed by atoms with Crippen molar-refractivity contribution >= 4 is 11.6 Å². The number of rotatable bonds is 4.